The van der Waals surface area contributed by atoms with Crippen LogP contribution in [0.2, 0.25) is 0 Å². The molecule has 0 fully saturated rings. The molecule has 400 valence electrons. The minimum absolute atomic E-state index is 0.0183. The van der Waals surface area contributed by atoms with Gasteiger partial charge in [0, 0.05) is 87.9 Å². The van der Waals surface area contributed by atoms with Gasteiger partial charge in [-0.3, -0.25) is 38.4 Å². The van der Waals surface area contributed by atoms with E-state index in [0.717, 1.165) is 0 Å². The van der Waals surface area contributed by atoms with Crippen molar-refractivity contribution in [1.29, 1.82) is 0 Å². The quantitative estimate of drug-likeness (QED) is 0.0404. The first-order chi connectivity index (χ1) is 35.3. The molecule has 3 rings (SSSR count). The first kappa shape index (κ1) is 60.2. The predicted octanol–water partition coefficient (Wildman–Crippen LogP) is 3.38. The first-order valence-electron chi connectivity index (χ1n) is 24.3. The van der Waals surface area contributed by atoms with Gasteiger partial charge in [0.1, 0.15) is 28.6 Å². The van der Waals surface area contributed by atoms with E-state index in [1.807, 2.05) is 0 Å². The van der Waals surface area contributed by atoms with Crippen molar-refractivity contribution in [3.63, 3.8) is 0 Å². The summed E-state index contributed by atoms with van der Waals surface area (Å²) in [6, 6.07) is 20.0. The van der Waals surface area contributed by atoms with Gasteiger partial charge in [0.25, 0.3) is 17.7 Å². The predicted molar refractivity (Wildman–Crippen MR) is 269 cm³/mol. The van der Waals surface area contributed by atoms with E-state index in [4.69, 9.17) is 33.5 Å². The highest BCUT2D eigenvalue weighted by molar-refractivity contribution is 5.95. The summed E-state index contributed by atoms with van der Waals surface area (Å²) in [6.45, 7) is 0.798. The topological polar surface area (TPSA) is 284 Å². The highest BCUT2D eigenvalue weighted by atomic mass is 16.5. The fourth-order valence-corrected chi connectivity index (χ4v) is 6.83. The highest BCUT2D eigenvalue weighted by Crippen LogP contribution is 2.15. The number of carboxylic acids is 1. The van der Waals surface area contributed by atoms with Gasteiger partial charge in [-0.15, -0.1) is 0 Å². The number of carbonyl (C=O) groups excluding carboxylic acids is 7. The van der Waals surface area contributed by atoms with Gasteiger partial charge in [0.05, 0.1) is 61.0 Å². The van der Waals surface area contributed by atoms with Crippen molar-refractivity contribution in [1.82, 2.24) is 31.9 Å². The SMILES string of the molecule is COc1ccc(C(=O)NCCCCC(=O)CCOCC(COCCC(=O)NCCCNC(=O)c2ccc(OC)cc2)(COCCC(=O)NCCCNC(=O)c2ccc(OC)cc2)NC(=O)CCCC(=O)O)cc1. The fraction of sp³-hybridized carbons (Fsp3) is 0.500. The molecule has 0 saturated heterocycles. The average Bonchev–Trinajstić information content (AvgIpc) is 3.39. The molecular weight excluding hydrogens is 949 g/mol. The standard InChI is InChI=1S/C52H72N6O15/c1-68-42-18-12-38(13-19-42)49(65)55-27-5-4-9-41(59)24-32-71-35-52(58-47(62)10-6-11-48(63)64,36-72-33-25-45(60)53-28-7-30-56-50(66)39-14-20-43(69-2)21-15-39)37-73-34-26-46(61)54-29-8-31-57-51(67)40-16-22-44(70-3)23-17-40/h12-23H,4-11,24-37H2,1-3H3,(H,53,60)(H,54,61)(H,55,65)(H,56,66)(H,57,67)(H,58,62)(H,63,64). The molecule has 0 spiro atoms. The molecule has 0 atom stereocenters. The molecule has 0 saturated carbocycles. The lowest BCUT2D eigenvalue weighted by Gasteiger charge is -2.34. The van der Waals surface area contributed by atoms with E-state index in [-0.39, 0.29) is 133 Å². The van der Waals surface area contributed by atoms with Crippen LogP contribution >= 0.6 is 0 Å². The number of amides is 6. The van der Waals surface area contributed by atoms with Crippen molar-refractivity contribution < 1.29 is 71.9 Å². The lowest BCUT2D eigenvalue weighted by molar-refractivity contribution is -0.137. The van der Waals surface area contributed by atoms with Crippen LogP contribution in [0.25, 0.3) is 0 Å². The maximum absolute atomic E-state index is 13.3. The number of methoxy groups -OCH3 is 3. The molecule has 21 heteroatoms. The summed E-state index contributed by atoms with van der Waals surface area (Å²) in [6.07, 6.45) is 1.92. The fourth-order valence-electron chi connectivity index (χ4n) is 6.83. The first-order valence-corrected chi connectivity index (χ1v) is 24.3. The molecule has 0 heterocycles. The number of Topliss-reactive ketones (excluding diaryl/α,β-unsaturated/α-hetero) is 1. The third-order valence-corrected chi connectivity index (χ3v) is 11.0. The molecule has 6 amide bonds. The van der Waals surface area contributed by atoms with Crippen molar-refractivity contribution in [3.05, 3.63) is 89.5 Å². The van der Waals surface area contributed by atoms with Crippen LogP contribution in [0.3, 0.4) is 0 Å². The molecule has 3 aromatic rings. The Bertz CT molecular complexity index is 1960. The van der Waals surface area contributed by atoms with Crippen molar-refractivity contribution >= 4 is 47.2 Å². The zero-order chi connectivity index (χ0) is 53.1. The molecule has 0 aliphatic carbocycles. The molecule has 0 aromatic heterocycles. The van der Waals surface area contributed by atoms with E-state index in [2.05, 4.69) is 31.9 Å². The lowest BCUT2D eigenvalue weighted by Crippen LogP contribution is -2.58. The number of ketones is 1. The monoisotopic (exact) mass is 1020 g/mol. The van der Waals surface area contributed by atoms with Crippen LogP contribution in [0.1, 0.15) is 102 Å². The number of hydrogen-bond acceptors (Lipinski definition) is 14. The third-order valence-electron chi connectivity index (χ3n) is 11.0. The number of aliphatic carboxylic acids is 1. The van der Waals surface area contributed by atoms with E-state index < -0.39 is 17.4 Å². The van der Waals surface area contributed by atoms with E-state index >= 15 is 0 Å². The van der Waals surface area contributed by atoms with Crippen LogP contribution < -0.4 is 46.1 Å². The molecule has 0 aliphatic heterocycles. The number of benzene rings is 3. The summed E-state index contributed by atoms with van der Waals surface area (Å²) in [5.74, 6) is -1.15. The smallest absolute Gasteiger partial charge is 0.303 e. The van der Waals surface area contributed by atoms with Crippen LogP contribution in [0.15, 0.2) is 72.8 Å². The Hall–Kier alpha value is -7.10. The van der Waals surface area contributed by atoms with Gasteiger partial charge >= 0.3 is 5.97 Å². The molecule has 7 N–H and O–H groups in total. The summed E-state index contributed by atoms with van der Waals surface area (Å²) >= 11 is 0. The maximum Gasteiger partial charge on any atom is 0.303 e. The van der Waals surface area contributed by atoms with Crippen LogP contribution in [0, 0.1) is 0 Å². The van der Waals surface area contributed by atoms with E-state index in [1.165, 1.54) is 14.2 Å². The van der Waals surface area contributed by atoms with Crippen LogP contribution in [-0.2, 0) is 38.2 Å². The average molecular weight is 1020 g/mol. The summed E-state index contributed by atoms with van der Waals surface area (Å²) in [5, 5.41) is 26.0. The largest absolute Gasteiger partial charge is 0.497 e. The maximum atomic E-state index is 13.3. The number of unbranched alkanes of at least 4 members (excludes halogenated alkanes) is 1. The second-order valence-electron chi connectivity index (χ2n) is 16.8. The molecular formula is C52H72N6O15. The van der Waals surface area contributed by atoms with E-state index in [1.54, 1.807) is 79.9 Å². The Morgan fingerprint density at radius 3 is 1.16 bits per heavy atom. The van der Waals surface area contributed by atoms with Gasteiger partial charge in [0.15, 0.2) is 0 Å². The van der Waals surface area contributed by atoms with Gasteiger partial charge in [-0.05, 0) is 105 Å². The zero-order valence-electron chi connectivity index (χ0n) is 42.1. The Balaban J connectivity index is 1.52. The molecule has 21 nitrogen and oxygen atoms in total. The number of rotatable bonds is 39. The third kappa shape index (κ3) is 25.7. The Morgan fingerprint density at radius 1 is 0.411 bits per heavy atom. The molecule has 0 bridgehead atoms. The molecule has 0 aliphatic rings. The summed E-state index contributed by atoms with van der Waals surface area (Å²) in [5.41, 5.74) is 0.0453. The van der Waals surface area contributed by atoms with Crippen molar-refractivity contribution in [2.45, 2.75) is 76.2 Å². The van der Waals surface area contributed by atoms with Crippen molar-refractivity contribution in [2.75, 3.05) is 93.7 Å². The normalized spacial score (nSPS) is 10.9. The van der Waals surface area contributed by atoms with Crippen LogP contribution in [0.4, 0.5) is 0 Å². The number of carbonyl (C=O) groups is 8. The summed E-state index contributed by atoms with van der Waals surface area (Å²) in [4.78, 5) is 100. The Kier molecular flexibility index (Phi) is 28.9. The second-order valence-corrected chi connectivity index (χ2v) is 16.8. The zero-order valence-corrected chi connectivity index (χ0v) is 42.1. The van der Waals surface area contributed by atoms with Gasteiger partial charge in [0.2, 0.25) is 17.7 Å². The van der Waals surface area contributed by atoms with Crippen molar-refractivity contribution in [3.8, 4) is 17.2 Å². The number of ether oxygens (including phenoxy) is 6. The minimum atomic E-state index is -1.39. The minimum Gasteiger partial charge on any atom is -0.497 e. The number of carboxylic acid groups (broad SMARTS) is 1. The second kappa shape index (κ2) is 35.1. The van der Waals surface area contributed by atoms with E-state index in [9.17, 15) is 38.4 Å². The van der Waals surface area contributed by atoms with Crippen LogP contribution in [-0.4, -0.2) is 152 Å². The van der Waals surface area contributed by atoms with Gasteiger partial charge in [-0.2, -0.15) is 0 Å². The molecule has 0 unspecified atom stereocenters. The number of hydrogen-bond donors (Lipinski definition) is 7. The Labute approximate surface area is 426 Å². The number of nitrogens with one attached hydrogen (secondary N) is 6. The highest BCUT2D eigenvalue weighted by Gasteiger charge is 2.34. The van der Waals surface area contributed by atoms with Crippen molar-refractivity contribution in [2.24, 2.45) is 0 Å². The molecule has 3 aromatic carbocycles. The van der Waals surface area contributed by atoms with E-state index in [0.29, 0.717) is 79.3 Å². The van der Waals surface area contributed by atoms with Gasteiger partial charge < -0.3 is 65.4 Å². The summed E-state index contributed by atoms with van der Waals surface area (Å²) in [7, 11) is 4.61. The van der Waals surface area contributed by atoms with Gasteiger partial charge in [-0.25, -0.2) is 0 Å². The molecule has 73 heavy (non-hydrogen) atoms. The summed E-state index contributed by atoms with van der Waals surface area (Å²) < 4.78 is 33.2. The van der Waals surface area contributed by atoms with Crippen LogP contribution in [0.5, 0.6) is 17.2 Å². The lowest BCUT2D eigenvalue weighted by atomic mass is 10.0. The van der Waals surface area contributed by atoms with Gasteiger partial charge in [-0.1, -0.05) is 0 Å². The molecule has 0 radical (unpaired) electrons. The Morgan fingerprint density at radius 2 is 0.781 bits per heavy atom.